The molecule has 0 spiro atoms. The molecule has 1 aromatic heterocycles. The van der Waals surface area contributed by atoms with E-state index < -0.39 is 30.2 Å². The van der Waals surface area contributed by atoms with Crippen LogP contribution in [0.5, 0.6) is 0 Å². The van der Waals surface area contributed by atoms with E-state index in [9.17, 15) is 19.5 Å². The van der Waals surface area contributed by atoms with Crippen molar-refractivity contribution in [2.24, 2.45) is 0 Å². The minimum atomic E-state index is -1.18. The van der Waals surface area contributed by atoms with E-state index in [4.69, 9.17) is 0 Å². The molecule has 0 aliphatic carbocycles. The Morgan fingerprint density at radius 3 is 2.62 bits per heavy atom. The van der Waals surface area contributed by atoms with Gasteiger partial charge in [0.25, 0.3) is 11.7 Å². The largest absolute Gasteiger partial charge is 0.394 e. The number of thiophene rings is 1. The Morgan fingerprint density at radius 1 is 1.21 bits per heavy atom. The number of amides is 2. The topological polar surface area (TPSA) is 95.5 Å². The minimum absolute atomic E-state index is 0.265. The number of carbonyl (C=O) groups excluding carboxylic acids is 3. The van der Waals surface area contributed by atoms with Gasteiger partial charge >= 0.3 is 0 Å². The van der Waals surface area contributed by atoms with Gasteiger partial charge in [-0.2, -0.15) is 0 Å². The summed E-state index contributed by atoms with van der Waals surface area (Å²) in [6.45, 7) is -0.331. The van der Waals surface area contributed by atoms with Crippen LogP contribution in [0.2, 0.25) is 0 Å². The summed E-state index contributed by atoms with van der Waals surface area (Å²) in [5.74, 6) is -2.20. The fourth-order valence-corrected chi connectivity index (χ4v) is 3.17. The van der Waals surface area contributed by atoms with Crippen LogP contribution in [0.15, 0.2) is 41.8 Å². The molecule has 1 atom stereocenters. The van der Waals surface area contributed by atoms with Crippen molar-refractivity contribution in [1.82, 2.24) is 10.6 Å². The van der Waals surface area contributed by atoms with Crippen molar-refractivity contribution in [3.05, 3.63) is 55.8 Å². The molecule has 0 saturated heterocycles. The number of carbonyl (C=O) groups is 3. The predicted molar refractivity (Wildman–Crippen MR) is 98.7 cm³/mol. The monoisotopic (exact) mass is 458 g/mol. The molecule has 1 heterocycles. The van der Waals surface area contributed by atoms with Gasteiger partial charge in [0.05, 0.1) is 11.5 Å². The van der Waals surface area contributed by atoms with E-state index in [0.29, 0.717) is 0 Å². The van der Waals surface area contributed by atoms with Gasteiger partial charge in [-0.25, -0.2) is 0 Å². The van der Waals surface area contributed by atoms with Crippen LogP contribution in [-0.2, 0) is 16.1 Å². The number of ketones is 1. The van der Waals surface area contributed by atoms with Gasteiger partial charge in [-0.15, -0.1) is 11.3 Å². The number of benzene rings is 1. The number of rotatable bonds is 7. The summed E-state index contributed by atoms with van der Waals surface area (Å²) in [5, 5.41) is 15.9. The fourth-order valence-electron chi connectivity index (χ4n) is 1.90. The number of hydrogen-bond acceptors (Lipinski definition) is 5. The second kappa shape index (κ2) is 8.90. The van der Waals surface area contributed by atoms with Crippen LogP contribution in [0.3, 0.4) is 0 Å². The van der Waals surface area contributed by atoms with Crippen molar-refractivity contribution >= 4 is 51.5 Å². The van der Waals surface area contributed by atoms with Crippen molar-refractivity contribution in [2.75, 3.05) is 6.61 Å². The average molecular weight is 458 g/mol. The molecule has 0 bridgehead atoms. The van der Waals surface area contributed by atoms with Crippen molar-refractivity contribution in [3.63, 3.8) is 0 Å². The maximum Gasteiger partial charge on any atom is 0.293 e. The van der Waals surface area contributed by atoms with Crippen LogP contribution >= 0.6 is 33.9 Å². The summed E-state index contributed by atoms with van der Waals surface area (Å²) >= 11 is 3.30. The molecule has 24 heavy (non-hydrogen) atoms. The highest BCUT2D eigenvalue weighted by molar-refractivity contribution is 14.1. The highest BCUT2D eigenvalue weighted by atomic mass is 127. The predicted octanol–water partition coefficient (Wildman–Crippen LogP) is 1.33. The Labute approximate surface area is 156 Å². The first-order chi connectivity index (χ1) is 11.5. The molecule has 2 aromatic rings. The van der Waals surface area contributed by atoms with Gasteiger partial charge in [0, 0.05) is 10.1 Å². The lowest BCUT2D eigenvalue weighted by molar-refractivity contribution is -0.128. The third kappa shape index (κ3) is 5.11. The molecule has 1 aromatic carbocycles. The normalized spacial score (nSPS) is 11.6. The Morgan fingerprint density at radius 2 is 2.00 bits per heavy atom. The lowest BCUT2D eigenvalue weighted by Gasteiger charge is -2.15. The first-order valence-corrected chi connectivity index (χ1v) is 8.99. The number of nitrogens with one attached hydrogen (secondary N) is 2. The van der Waals surface area contributed by atoms with E-state index in [0.717, 1.165) is 20.5 Å². The minimum Gasteiger partial charge on any atom is -0.394 e. The summed E-state index contributed by atoms with van der Waals surface area (Å²) < 4.78 is 1.04. The molecule has 6 nitrogen and oxygen atoms in total. The Balaban J connectivity index is 1.91. The second-order valence-corrected chi connectivity index (χ2v) is 7.06. The summed E-state index contributed by atoms with van der Waals surface area (Å²) in [6, 6.07) is 9.57. The van der Waals surface area contributed by atoms with Crippen molar-refractivity contribution in [2.45, 2.75) is 12.6 Å². The standard InChI is InChI=1S/C16H15IN2O4S/c17-11-4-1-3-10(7-11)8-18-15(22)12(9-20)19-16(23)14(21)13-5-2-6-24-13/h1-7,12,20H,8-9H2,(H,18,22)(H,19,23). The van der Waals surface area contributed by atoms with Crippen molar-refractivity contribution < 1.29 is 19.5 Å². The van der Waals surface area contributed by atoms with E-state index in [-0.39, 0.29) is 11.4 Å². The van der Waals surface area contributed by atoms with Crippen molar-refractivity contribution in [1.29, 1.82) is 0 Å². The summed E-state index contributed by atoms with van der Waals surface area (Å²) in [6.07, 6.45) is 0. The molecule has 2 rings (SSSR count). The van der Waals surface area contributed by atoms with Crippen molar-refractivity contribution in [3.8, 4) is 0 Å². The molecule has 2 amide bonds. The zero-order valence-corrected chi connectivity index (χ0v) is 15.5. The number of aliphatic hydroxyl groups excluding tert-OH is 1. The molecule has 0 aliphatic heterocycles. The van der Waals surface area contributed by atoms with Gasteiger partial charge in [0.2, 0.25) is 5.91 Å². The molecule has 0 fully saturated rings. The molecular weight excluding hydrogens is 443 g/mol. The summed E-state index contributed by atoms with van der Waals surface area (Å²) in [5.41, 5.74) is 0.896. The van der Waals surface area contributed by atoms with Crippen LogP contribution in [0, 0.1) is 3.57 Å². The second-order valence-electron chi connectivity index (χ2n) is 4.86. The Kier molecular flexibility index (Phi) is 6.88. The van der Waals surface area contributed by atoms with Gasteiger partial charge in [0.1, 0.15) is 6.04 Å². The molecular formula is C16H15IN2O4S. The maximum atomic E-state index is 12.1. The molecule has 0 saturated carbocycles. The molecule has 0 aliphatic rings. The van der Waals surface area contributed by atoms with Crippen LogP contribution < -0.4 is 10.6 Å². The fraction of sp³-hybridized carbons (Fsp3) is 0.188. The Bertz CT molecular complexity index is 733. The van der Waals surface area contributed by atoms with Crippen LogP contribution in [0.4, 0.5) is 0 Å². The lowest BCUT2D eigenvalue weighted by atomic mass is 10.2. The van der Waals surface area contributed by atoms with Gasteiger partial charge in [-0.3, -0.25) is 14.4 Å². The highest BCUT2D eigenvalue weighted by Gasteiger charge is 2.24. The molecule has 1 unspecified atom stereocenters. The number of hydrogen-bond donors (Lipinski definition) is 3. The van der Waals surface area contributed by atoms with Crippen LogP contribution in [0.1, 0.15) is 15.2 Å². The smallest absolute Gasteiger partial charge is 0.293 e. The van der Waals surface area contributed by atoms with E-state index in [1.165, 1.54) is 6.07 Å². The van der Waals surface area contributed by atoms with Gasteiger partial charge in [-0.1, -0.05) is 18.2 Å². The zero-order chi connectivity index (χ0) is 17.5. The van der Waals surface area contributed by atoms with Crippen LogP contribution in [0.25, 0.3) is 0 Å². The molecule has 0 radical (unpaired) electrons. The Hall–Kier alpha value is -1.78. The summed E-state index contributed by atoms with van der Waals surface area (Å²) in [4.78, 5) is 36.1. The maximum absolute atomic E-state index is 12.1. The van der Waals surface area contributed by atoms with Gasteiger partial charge in [-0.05, 0) is 51.7 Å². The third-order valence-corrected chi connectivity index (χ3v) is 4.65. The molecule has 8 heteroatoms. The first-order valence-electron chi connectivity index (χ1n) is 7.03. The first kappa shape index (κ1) is 18.6. The lowest BCUT2D eigenvalue weighted by Crippen LogP contribution is -2.50. The van der Waals surface area contributed by atoms with E-state index in [2.05, 4.69) is 33.2 Å². The van der Waals surface area contributed by atoms with E-state index in [1.807, 2.05) is 24.3 Å². The average Bonchev–Trinajstić information content (AvgIpc) is 3.11. The zero-order valence-electron chi connectivity index (χ0n) is 12.5. The van der Waals surface area contributed by atoms with E-state index in [1.54, 1.807) is 11.4 Å². The third-order valence-electron chi connectivity index (χ3n) is 3.11. The van der Waals surface area contributed by atoms with E-state index >= 15 is 0 Å². The number of Topliss-reactive ketones (excluding diaryl/α,β-unsaturated/α-hetero) is 1. The number of halogens is 1. The van der Waals surface area contributed by atoms with Gasteiger partial charge < -0.3 is 15.7 Å². The molecule has 3 N–H and O–H groups in total. The van der Waals surface area contributed by atoms with Gasteiger partial charge in [0.15, 0.2) is 0 Å². The highest BCUT2D eigenvalue weighted by Crippen LogP contribution is 2.09. The summed E-state index contributed by atoms with van der Waals surface area (Å²) in [7, 11) is 0. The van der Waals surface area contributed by atoms with Crippen LogP contribution in [-0.4, -0.2) is 35.4 Å². The molecule has 126 valence electrons. The SMILES string of the molecule is O=C(NC(CO)C(=O)NCc1cccc(I)c1)C(=O)c1cccs1. The quantitative estimate of drug-likeness (QED) is 0.332. The number of aliphatic hydroxyl groups is 1.